The van der Waals surface area contributed by atoms with E-state index in [1.807, 2.05) is 0 Å². The van der Waals surface area contributed by atoms with Crippen LogP contribution in [0.5, 0.6) is 0 Å². The number of methoxy groups -OCH3 is 1. The van der Waals surface area contributed by atoms with Gasteiger partial charge in [0.05, 0.1) is 43.2 Å². The fraction of sp³-hybridized carbons (Fsp3) is 0.789. The molecule has 0 aromatic heterocycles. The molecule has 0 aromatic carbocycles. The fourth-order valence-corrected chi connectivity index (χ4v) is 4.47. The molecule has 1 saturated carbocycles. The molecule has 2 aliphatic heterocycles. The lowest BCUT2D eigenvalue weighted by Crippen LogP contribution is -2.62. The molecule has 0 bridgehead atoms. The summed E-state index contributed by atoms with van der Waals surface area (Å²) in [4.78, 5) is 23.6. The first-order chi connectivity index (χ1) is 14.9. The SMILES string of the molecule is COC(=O)C1=COC(OC2OC(CO)C(O)C(O)C2OC(C)=O)C2C1C(O)C(O)C2(C)O. The van der Waals surface area contributed by atoms with Crippen LogP contribution >= 0.6 is 0 Å². The molecule has 13 heteroatoms. The minimum absolute atomic E-state index is 0.147. The number of hydrogen-bond donors (Lipinski definition) is 6. The summed E-state index contributed by atoms with van der Waals surface area (Å²) < 4.78 is 26.3. The molecule has 182 valence electrons. The van der Waals surface area contributed by atoms with E-state index in [1.165, 1.54) is 6.92 Å². The summed E-state index contributed by atoms with van der Waals surface area (Å²) >= 11 is 0. The smallest absolute Gasteiger partial charge is 0.337 e. The molecule has 3 aliphatic rings. The number of aliphatic hydroxyl groups excluding tert-OH is 5. The van der Waals surface area contributed by atoms with Crippen molar-refractivity contribution in [1.82, 2.24) is 0 Å². The molecule has 0 radical (unpaired) electrons. The Morgan fingerprint density at radius 2 is 1.78 bits per heavy atom. The van der Waals surface area contributed by atoms with Gasteiger partial charge in [-0.15, -0.1) is 0 Å². The Labute approximate surface area is 182 Å². The highest BCUT2D eigenvalue weighted by Gasteiger charge is 2.64. The van der Waals surface area contributed by atoms with E-state index in [4.69, 9.17) is 18.9 Å². The molecule has 3 rings (SSSR count). The predicted octanol–water partition coefficient (Wildman–Crippen LogP) is -3.49. The van der Waals surface area contributed by atoms with Gasteiger partial charge >= 0.3 is 11.9 Å². The van der Waals surface area contributed by atoms with Crippen LogP contribution in [-0.4, -0.2) is 111 Å². The van der Waals surface area contributed by atoms with Crippen LogP contribution in [-0.2, 0) is 33.3 Å². The third-order valence-electron chi connectivity index (χ3n) is 6.15. The summed E-state index contributed by atoms with van der Waals surface area (Å²) in [5, 5.41) is 61.7. The van der Waals surface area contributed by atoms with Crippen molar-refractivity contribution in [2.75, 3.05) is 13.7 Å². The Balaban J connectivity index is 1.94. The molecule has 11 atom stereocenters. The maximum Gasteiger partial charge on any atom is 0.337 e. The van der Waals surface area contributed by atoms with Gasteiger partial charge in [-0.25, -0.2) is 4.79 Å². The van der Waals surface area contributed by atoms with E-state index in [9.17, 15) is 40.2 Å². The molecule has 2 heterocycles. The van der Waals surface area contributed by atoms with Crippen LogP contribution in [0.25, 0.3) is 0 Å². The lowest BCUT2D eigenvalue weighted by Gasteiger charge is -2.45. The summed E-state index contributed by atoms with van der Waals surface area (Å²) in [5.74, 6) is -4.07. The van der Waals surface area contributed by atoms with Gasteiger partial charge in [-0.2, -0.15) is 0 Å². The second kappa shape index (κ2) is 9.19. The van der Waals surface area contributed by atoms with E-state index in [2.05, 4.69) is 4.74 Å². The monoisotopic (exact) mass is 464 g/mol. The number of carbonyl (C=O) groups excluding carboxylic acids is 2. The lowest BCUT2D eigenvalue weighted by atomic mass is 9.80. The number of carbonyl (C=O) groups is 2. The van der Waals surface area contributed by atoms with Gasteiger partial charge in [-0.1, -0.05) is 0 Å². The van der Waals surface area contributed by atoms with Crippen LogP contribution < -0.4 is 0 Å². The molecule has 1 aliphatic carbocycles. The van der Waals surface area contributed by atoms with Crippen LogP contribution in [0.1, 0.15) is 13.8 Å². The van der Waals surface area contributed by atoms with Gasteiger partial charge in [0, 0.05) is 12.8 Å². The van der Waals surface area contributed by atoms with Crippen LogP contribution in [0, 0.1) is 11.8 Å². The molecule has 2 fully saturated rings. The maximum atomic E-state index is 12.1. The number of hydrogen-bond acceptors (Lipinski definition) is 13. The van der Waals surface area contributed by atoms with Gasteiger partial charge in [0.1, 0.15) is 24.4 Å². The number of fused-ring (bicyclic) bond motifs is 1. The first-order valence-electron chi connectivity index (χ1n) is 9.93. The average molecular weight is 464 g/mol. The standard InChI is InChI=1S/C19H28O13/c1-6(21)30-14-13(24)11(22)8(4-20)31-18(14)32-17-10-9(7(5-29-17)16(26)28-3)12(23)15(25)19(10,2)27/h5,8-15,17-18,20,22-25,27H,4H2,1-3H3. The van der Waals surface area contributed by atoms with Crippen molar-refractivity contribution < 1.29 is 63.9 Å². The van der Waals surface area contributed by atoms with Gasteiger partial charge in [0.15, 0.2) is 6.10 Å². The molecule has 6 N–H and O–H groups in total. The molecule has 1 saturated heterocycles. The zero-order valence-electron chi connectivity index (χ0n) is 17.6. The zero-order chi connectivity index (χ0) is 24.0. The van der Waals surface area contributed by atoms with Gasteiger partial charge in [-0.05, 0) is 6.92 Å². The van der Waals surface area contributed by atoms with Crippen molar-refractivity contribution in [3.8, 4) is 0 Å². The Morgan fingerprint density at radius 3 is 2.34 bits per heavy atom. The van der Waals surface area contributed by atoms with E-state index in [0.717, 1.165) is 20.3 Å². The van der Waals surface area contributed by atoms with Crippen LogP contribution in [0.2, 0.25) is 0 Å². The molecule has 0 spiro atoms. The largest absolute Gasteiger partial charge is 0.471 e. The Kier molecular flexibility index (Phi) is 7.12. The Bertz CT molecular complexity index is 752. The first kappa shape index (κ1) is 24.8. The summed E-state index contributed by atoms with van der Waals surface area (Å²) in [6.07, 6.45) is -11.5. The Hall–Kier alpha value is -1.84. The summed E-state index contributed by atoms with van der Waals surface area (Å²) in [6, 6.07) is 0. The second-order valence-electron chi connectivity index (χ2n) is 8.20. The van der Waals surface area contributed by atoms with Gasteiger partial charge in [0.25, 0.3) is 0 Å². The van der Waals surface area contributed by atoms with E-state index in [-0.39, 0.29) is 5.57 Å². The quantitative estimate of drug-likeness (QED) is 0.219. The molecule has 13 nitrogen and oxygen atoms in total. The Morgan fingerprint density at radius 1 is 1.12 bits per heavy atom. The zero-order valence-corrected chi connectivity index (χ0v) is 17.6. The summed E-state index contributed by atoms with van der Waals surface area (Å²) in [5.41, 5.74) is -2.16. The molecular formula is C19H28O13. The predicted molar refractivity (Wildman–Crippen MR) is 99.0 cm³/mol. The van der Waals surface area contributed by atoms with Crippen LogP contribution in [0.15, 0.2) is 11.8 Å². The summed E-state index contributed by atoms with van der Waals surface area (Å²) in [6.45, 7) is 1.57. The molecular weight excluding hydrogens is 436 g/mol. The number of ether oxygens (including phenoxy) is 5. The van der Waals surface area contributed by atoms with Crippen LogP contribution in [0.4, 0.5) is 0 Å². The topological polar surface area (TPSA) is 202 Å². The number of esters is 2. The molecule has 11 unspecified atom stereocenters. The average Bonchev–Trinajstić information content (AvgIpc) is 2.93. The number of rotatable bonds is 5. The van der Waals surface area contributed by atoms with Crippen molar-refractivity contribution in [3.05, 3.63) is 11.8 Å². The van der Waals surface area contributed by atoms with Crippen molar-refractivity contribution >= 4 is 11.9 Å². The summed E-state index contributed by atoms with van der Waals surface area (Å²) in [7, 11) is 1.11. The minimum atomic E-state index is -2.01. The van der Waals surface area contributed by atoms with E-state index < -0.39 is 85.2 Å². The normalized spacial score (nSPS) is 46.0. The third-order valence-corrected chi connectivity index (χ3v) is 6.15. The van der Waals surface area contributed by atoms with Crippen molar-refractivity contribution in [2.45, 2.75) is 68.7 Å². The first-order valence-corrected chi connectivity index (χ1v) is 9.93. The maximum absolute atomic E-state index is 12.1. The number of aliphatic hydroxyl groups is 6. The van der Waals surface area contributed by atoms with Gasteiger partial charge < -0.3 is 54.3 Å². The minimum Gasteiger partial charge on any atom is -0.471 e. The lowest BCUT2D eigenvalue weighted by molar-refractivity contribution is -0.348. The second-order valence-corrected chi connectivity index (χ2v) is 8.20. The molecule has 0 amide bonds. The van der Waals surface area contributed by atoms with Crippen molar-refractivity contribution in [2.24, 2.45) is 11.8 Å². The van der Waals surface area contributed by atoms with Crippen molar-refractivity contribution in [3.63, 3.8) is 0 Å². The third kappa shape index (κ3) is 4.10. The van der Waals surface area contributed by atoms with E-state index in [1.54, 1.807) is 0 Å². The van der Waals surface area contributed by atoms with Gasteiger partial charge in [0.2, 0.25) is 12.6 Å². The highest BCUT2D eigenvalue weighted by molar-refractivity contribution is 5.89. The van der Waals surface area contributed by atoms with Gasteiger partial charge in [-0.3, -0.25) is 4.79 Å². The highest BCUT2D eigenvalue weighted by atomic mass is 16.8. The fourth-order valence-electron chi connectivity index (χ4n) is 4.47. The molecule has 0 aromatic rings. The van der Waals surface area contributed by atoms with E-state index in [0.29, 0.717) is 0 Å². The highest BCUT2D eigenvalue weighted by Crippen LogP contribution is 2.50. The van der Waals surface area contributed by atoms with Crippen LogP contribution in [0.3, 0.4) is 0 Å². The van der Waals surface area contributed by atoms with E-state index >= 15 is 0 Å². The van der Waals surface area contributed by atoms with Crippen molar-refractivity contribution in [1.29, 1.82) is 0 Å². The molecule has 32 heavy (non-hydrogen) atoms.